The van der Waals surface area contributed by atoms with Gasteiger partial charge in [0.1, 0.15) is 5.75 Å². The summed E-state index contributed by atoms with van der Waals surface area (Å²) < 4.78 is 5.90. The van der Waals surface area contributed by atoms with Gasteiger partial charge in [-0.2, -0.15) is 5.10 Å². The van der Waals surface area contributed by atoms with Crippen LogP contribution in [0, 0.1) is 5.92 Å². The maximum Gasteiger partial charge on any atom is 0.273 e. The van der Waals surface area contributed by atoms with Crippen molar-refractivity contribution in [1.29, 1.82) is 0 Å². The van der Waals surface area contributed by atoms with Gasteiger partial charge in [0.25, 0.3) is 11.8 Å². The van der Waals surface area contributed by atoms with Crippen LogP contribution in [0.15, 0.2) is 76.3 Å². The molecule has 204 valence electrons. The zero-order chi connectivity index (χ0) is 27.6. The second kappa shape index (κ2) is 14.0. The Morgan fingerprint density at radius 1 is 1.08 bits per heavy atom. The van der Waals surface area contributed by atoms with E-state index in [-0.39, 0.29) is 18.1 Å². The van der Waals surface area contributed by atoms with Gasteiger partial charge in [0.05, 0.1) is 24.6 Å². The molecule has 0 bridgehead atoms. The van der Waals surface area contributed by atoms with Crippen LogP contribution in [0.4, 0.5) is 5.69 Å². The Labute approximate surface area is 237 Å². The molecule has 0 radical (unpaired) electrons. The number of ether oxygens (including phenoxy) is 1. The van der Waals surface area contributed by atoms with E-state index < -0.39 is 5.91 Å². The number of anilines is 1. The Morgan fingerprint density at radius 2 is 1.85 bits per heavy atom. The van der Waals surface area contributed by atoms with E-state index in [4.69, 9.17) is 9.84 Å². The Hall–Kier alpha value is -3.53. The minimum Gasteiger partial charge on any atom is -0.497 e. The molecular weight excluding hydrogens is 560 g/mol. The van der Waals surface area contributed by atoms with Crippen molar-refractivity contribution in [3.63, 3.8) is 0 Å². The third-order valence-electron chi connectivity index (χ3n) is 6.81. The van der Waals surface area contributed by atoms with Crippen LogP contribution >= 0.6 is 15.9 Å². The third kappa shape index (κ3) is 8.23. The number of methoxy groups -OCH3 is 1. The van der Waals surface area contributed by atoms with E-state index in [1.165, 1.54) is 6.21 Å². The number of benzene rings is 3. The highest BCUT2D eigenvalue weighted by molar-refractivity contribution is 9.10. The summed E-state index contributed by atoms with van der Waals surface area (Å²) in [7, 11) is 1.58. The standard InChI is InChI=1S/C30H33BrN4O4/c1-39-26-4-2-3-23(17-26)19-32-34-30(38)27-18-25(31)9-10-28(27)33-29(37)24-7-5-22(6-8-24)20-35-14-11-21(12-15-35)13-16-36/h2-10,17-19,21,36H,11-16,20H2,1H3,(H,33,37)(H,34,38)/b32-19+. The molecular formula is C30H33BrN4O4. The Bertz CT molecular complexity index is 1300. The predicted octanol–water partition coefficient (Wildman–Crippen LogP) is 5.07. The van der Waals surface area contributed by atoms with E-state index in [9.17, 15) is 9.59 Å². The molecule has 1 heterocycles. The summed E-state index contributed by atoms with van der Waals surface area (Å²) in [6, 6.07) is 19.9. The Morgan fingerprint density at radius 3 is 2.56 bits per heavy atom. The fraction of sp³-hybridized carbons (Fsp3) is 0.300. The molecule has 1 saturated heterocycles. The smallest absolute Gasteiger partial charge is 0.273 e. The number of aliphatic hydroxyl groups is 1. The van der Waals surface area contributed by atoms with E-state index >= 15 is 0 Å². The molecule has 3 N–H and O–H groups in total. The average Bonchev–Trinajstić information content (AvgIpc) is 2.95. The highest BCUT2D eigenvalue weighted by atomic mass is 79.9. The van der Waals surface area contributed by atoms with Crippen molar-refractivity contribution in [1.82, 2.24) is 10.3 Å². The first-order chi connectivity index (χ1) is 18.9. The first kappa shape index (κ1) is 28.5. The number of carbonyl (C=O) groups excluding carboxylic acids is 2. The van der Waals surface area contributed by atoms with Gasteiger partial charge in [-0.25, -0.2) is 5.43 Å². The molecule has 1 fully saturated rings. The summed E-state index contributed by atoms with van der Waals surface area (Å²) in [6.07, 6.45) is 4.62. The first-order valence-electron chi connectivity index (χ1n) is 13.0. The summed E-state index contributed by atoms with van der Waals surface area (Å²) in [5.74, 6) is 0.545. The summed E-state index contributed by atoms with van der Waals surface area (Å²) in [6.45, 7) is 3.13. The summed E-state index contributed by atoms with van der Waals surface area (Å²) in [5, 5.41) is 16.1. The van der Waals surface area contributed by atoms with Crippen molar-refractivity contribution in [3.8, 4) is 5.75 Å². The molecule has 1 aliphatic rings. The van der Waals surface area contributed by atoms with E-state index in [2.05, 4.69) is 36.7 Å². The number of carbonyl (C=O) groups is 2. The van der Waals surface area contributed by atoms with E-state index in [0.717, 1.165) is 50.0 Å². The van der Waals surface area contributed by atoms with Crippen LogP contribution in [0.1, 0.15) is 51.1 Å². The number of aliphatic hydroxyl groups excluding tert-OH is 1. The molecule has 0 unspecified atom stereocenters. The zero-order valence-electron chi connectivity index (χ0n) is 21.9. The van der Waals surface area contributed by atoms with Crippen molar-refractivity contribution in [2.75, 3.05) is 32.1 Å². The number of nitrogens with zero attached hydrogens (tertiary/aromatic N) is 2. The molecule has 0 saturated carbocycles. The molecule has 8 nitrogen and oxygen atoms in total. The van der Waals surface area contributed by atoms with Gasteiger partial charge in [-0.15, -0.1) is 0 Å². The second-order valence-corrected chi connectivity index (χ2v) is 10.5. The lowest BCUT2D eigenvalue weighted by Gasteiger charge is -2.31. The van der Waals surface area contributed by atoms with Crippen LogP contribution in [0.3, 0.4) is 0 Å². The quantitative estimate of drug-likeness (QED) is 0.225. The lowest BCUT2D eigenvalue weighted by atomic mass is 9.93. The van der Waals surface area contributed by atoms with Crippen LogP contribution < -0.4 is 15.5 Å². The minimum atomic E-state index is -0.455. The molecule has 0 aromatic heterocycles. The highest BCUT2D eigenvalue weighted by Gasteiger charge is 2.19. The van der Waals surface area contributed by atoms with Crippen molar-refractivity contribution in [2.45, 2.75) is 25.8 Å². The number of halogens is 1. The molecule has 39 heavy (non-hydrogen) atoms. The second-order valence-electron chi connectivity index (χ2n) is 9.55. The molecule has 1 aliphatic heterocycles. The maximum absolute atomic E-state index is 13.0. The molecule has 0 atom stereocenters. The number of nitrogens with one attached hydrogen (secondary N) is 2. The number of piperidine rings is 1. The number of hydrazone groups is 1. The third-order valence-corrected chi connectivity index (χ3v) is 7.31. The molecule has 2 amide bonds. The van der Waals surface area contributed by atoms with E-state index in [1.54, 1.807) is 43.5 Å². The fourth-order valence-corrected chi connectivity index (χ4v) is 4.95. The number of hydrogen-bond acceptors (Lipinski definition) is 6. The largest absolute Gasteiger partial charge is 0.497 e. The summed E-state index contributed by atoms with van der Waals surface area (Å²) >= 11 is 3.40. The van der Waals surface area contributed by atoms with Crippen molar-refractivity contribution >= 4 is 39.6 Å². The molecule has 0 spiro atoms. The van der Waals surface area contributed by atoms with Gasteiger partial charge in [-0.1, -0.05) is 40.2 Å². The van der Waals surface area contributed by atoms with E-state index in [0.29, 0.717) is 27.4 Å². The Balaban J connectivity index is 1.36. The van der Waals surface area contributed by atoms with E-state index in [1.807, 2.05) is 30.3 Å². The summed E-state index contributed by atoms with van der Waals surface area (Å²) in [4.78, 5) is 28.3. The van der Waals surface area contributed by atoms with Gasteiger partial charge in [-0.05, 0) is 91.9 Å². The van der Waals surface area contributed by atoms with Crippen molar-refractivity contribution < 1.29 is 19.4 Å². The number of rotatable bonds is 10. The number of likely N-dealkylation sites (tertiary alicyclic amines) is 1. The van der Waals surface area contributed by atoms with Crippen molar-refractivity contribution in [2.24, 2.45) is 11.0 Å². The van der Waals surface area contributed by atoms with Crippen LogP contribution in [0.25, 0.3) is 0 Å². The molecule has 9 heteroatoms. The highest BCUT2D eigenvalue weighted by Crippen LogP contribution is 2.23. The van der Waals surface area contributed by atoms with Gasteiger partial charge in [0, 0.05) is 23.2 Å². The van der Waals surface area contributed by atoms with Gasteiger partial charge in [-0.3, -0.25) is 14.5 Å². The maximum atomic E-state index is 13.0. The molecule has 3 aromatic carbocycles. The average molecular weight is 594 g/mol. The molecule has 4 rings (SSSR count). The van der Waals surface area contributed by atoms with Gasteiger partial charge in [0.15, 0.2) is 0 Å². The zero-order valence-corrected chi connectivity index (χ0v) is 23.5. The predicted molar refractivity (Wildman–Crippen MR) is 156 cm³/mol. The van der Waals surface area contributed by atoms with Crippen molar-refractivity contribution in [3.05, 3.63) is 93.5 Å². The monoisotopic (exact) mass is 592 g/mol. The lowest BCUT2D eigenvalue weighted by Crippen LogP contribution is -2.33. The van der Waals surface area contributed by atoms with Gasteiger partial charge in [0.2, 0.25) is 0 Å². The minimum absolute atomic E-state index is 0.263. The summed E-state index contributed by atoms with van der Waals surface area (Å²) in [5.41, 5.74) is 5.60. The molecule has 0 aliphatic carbocycles. The van der Waals surface area contributed by atoms with Crippen LogP contribution in [0.5, 0.6) is 5.75 Å². The molecule has 3 aromatic rings. The van der Waals surface area contributed by atoms with Gasteiger partial charge >= 0.3 is 0 Å². The van der Waals surface area contributed by atoms with Crippen LogP contribution in [-0.4, -0.2) is 54.8 Å². The van der Waals surface area contributed by atoms with Crippen LogP contribution in [-0.2, 0) is 6.54 Å². The Kier molecular flexibility index (Phi) is 10.2. The van der Waals surface area contributed by atoms with Gasteiger partial charge < -0.3 is 15.2 Å². The number of hydrogen-bond donors (Lipinski definition) is 3. The number of amides is 2. The SMILES string of the molecule is COc1cccc(/C=N/NC(=O)c2cc(Br)ccc2NC(=O)c2ccc(CN3CCC(CCO)CC3)cc2)c1. The van der Waals surface area contributed by atoms with Crippen LogP contribution in [0.2, 0.25) is 0 Å². The topological polar surface area (TPSA) is 103 Å². The lowest BCUT2D eigenvalue weighted by molar-refractivity contribution is 0.0956. The first-order valence-corrected chi connectivity index (χ1v) is 13.7. The normalized spacial score (nSPS) is 14.3. The fourth-order valence-electron chi connectivity index (χ4n) is 4.59.